The number of hydrogen-bond donors (Lipinski definition) is 1. The van der Waals surface area contributed by atoms with Gasteiger partial charge in [0.1, 0.15) is 0 Å². The quantitative estimate of drug-likeness (QED) is 0.643. The number of benzene rings is 2. The van der Waals surface area contributed by atoms with Crippen LogP contribution in [0.4, 0.5) is 5.69 Å². The molecule has 0 bridgehead atoms. The zero-order chi connectivity index (χ0) is 23.4. The van der Waals surface area contributed by atoms with Crippen LogP contribution in [0.3, 0.4) is 0 Å². The first kappa shape index (κ1) is 21.1. The average molecular weight is 446 g/mol. The Bertz CT molecular complexity index is 1330. The average Bonchev–Trinajstić information content (AvgIpc) is 3.29. The third-order valence-corrected chi connectivity index (χ3v) is 6.57. The molecule has 0 saturated heterocycles. The van der Waals surface area contributed by atoms with Gasteiger partial charge in [-0.05, 0) is 49.2 Å². The van der Waals surface area contributed by atoms with Gasteiger partial charge < -0.3 is 19.4 Å². The summed E-state index contributed by atoms with van der Waals surface area (Å²) in [6.45, 7) is 5.95. The predicted molar refractivity (Wildman–Crippen MR) is 127 cm³/mol. The fraction of sp³-hybridized carbons (Fsp3) is 0.308. The monoisotopic (exact) mass is 445 g/mol. The minimum absolute atomic E-state index is 0.234. The molecule has 3 heterocycles. The smallest absolute Gasteiger partial charge is 0.259 e. The van der Waals surface area contributed by atoms with Crippen LogP contribution in [0.25, 0.3) is 10.9 Å². The number of ether oxygens (including phenoxy) is 2. The maximum atomic E-state index is 13.6. The van der Waals surface area contributed by atoms with Gasteiger partial charge in [0.15, 0.2) is 11.5 Å². The van der Waals surface area contributed by atoms with E-state index in [4.69, 9.17) is 9.47 Å². The molecule has 1 N–H and O–H groups in total. The van der Waals surface area contributed by atoms with Crippen LogP contribution < -0.4 is 14.8 Å². The number of amides is 2. The first-order valence-electron chi connectivity index (χ1n) is 11.0. The molecule has 1 atom stereocenters. The van der Waals surface area contributed by atoms with E-state index in [0.717, 1.165) is 33.4 Å². The number of hydrogen-bond acceptors (Lipinski definition) is 5. The highest BCUT2D eigenvalue weighted by molar-refractivity contribution is 6.11. The Morgan fingerprint density at radius 1 is 1.12 bits per heavy atom. The molecule has 0 saturated carbocycles. The second kappa shape index (κ2) is 7.69. The normalized spacial score (nSPS) is 17.3. The number of aromatic nitrogens is 1. The Hall–Kier alpha value is -3.74. The van der Waals surface area contributed by atoms with E-state index in [1.807, 2.05) is 30.3 Å². The van der Waals surface area contributed by atoms with Crippen molar-refractivity contribution in [2.45, 2.75) is 32.7 Å². The summed E-state index contributed by atoms with van der Waals surface area (Å²) in [5, 5.41) is 4.59. The molecule has 7 nitrogen and oxygen atoms in total. The summed E-state index contributed by atoms with van der Waals surface area (Å²) in [5.41, 5.74) is 5.33. The van der Waals surface area contributed by atoms with Gasteiger partial charge in [-0.2, -0.15) is 0 Å². The molecule has 1 aromatic heterocycles. The Labute approximate surface area is 192 Å². The van der Waals surface area contributed by atoms with Crippen LogP contribution in [0.1, 0.15) is 43.9 Å². The molecule has 170 valence electrons. The number of anilines is 1. The maximum absolute atomic E-state index is 13.6. The molecule has 3 aromatic rings. The number of carbonyl (C=O) groups is 2. The summed E-state index contributed by atoms with van der Waals surface area (Å²) in [5.74, 6) is 0.323. The number of nitrogens with zero attached hydrogens (tertiary/aromatic N) is 2. The van der Waals surface area contributed by atoms with Crippen LogP contribution in [0.15, 0.2) is 53.9 Å². The lowest BCUT2D eigenvalue weighted by Crippen LogP contribution is -2.33. The lowest BCUT2D eigenvalue weighted by molar-refractivity contribution is -0.139. The van der Waals surface area contributed by atoms with E-state index in [0.29, 0.717) is 17.1 Å². The second-order valence-electron chi connectivity index (χ2n) is 8.76. The molecule has 33 heavy (non-hydrogen) atoms. The number of methoxy groups -OCH3 is 2. The Morgan fingerprint density at radius 3 is 2.55 bits per heavy atom. The fourth-order valence-corrected chi connectivity index (χ4v) is 5.04. The first-order chi connectivity index (χ1) is 15.8. The third-order valence-electron chi connectivity index (χ3n) is 6.57. The minimum atomic E-state index is -0.365. The Kier molecular flexibility index (Phi) is 4.92. The number of carbonyl (C=O) groups excluding carboxylic acids is 2. The van der Waals surface area contributed by atoms with E-state index < -0.39 is 0 Å². The lowest BCUT2D eigenvalue weighted by Gasteiger charge is -2.20. The van der Waals surface area contributed by atoms with Gasteiger partial charge in [-0.25, -0.2) is 0 Å². The predicted octanol–water partition coefficient (Wildman–Crippen LogP) is 4.44. The van der Waals surface area contributed by atoms with Crippen LogP contribution in [0, 0.1) is 0 Å². The molecule has 2 amide bonds. The van der Waals surface area contributed by atoms with E-state index in [9.17, 15) is 9.59 Å². The van der Waals surface area contributed by atoms with E-state index in [2.05, 4.69) is 36.0 Å². The van der Waals surface area contributed by atoms with Crippen molar-refractivity contribution in [2.24, 2.45) is 0 Å². The highest BCUT2D eigenvalue weighted by atomic mass is 16.5. The maximum Gasteiger partial charge on any atom is 0.259 e. The topological polar surface area (TPSA) is 72.8 Å². The van der Waals surface area contributed by atoms with Gasteiger partial charge in [0.2, 0.25) is 5.91 Å². The summed E-state index contributed by atoms with van der Waals surface area (Å²) in [6, 6.07) is 12.1. The van der Waals surface area contributed by atoms with Crippen molar-refractivity contribution in [1.82, 2.24) is 9.47 Å². The molecule has 2 aliphatic heterocycles. The Morgan fingerprint density at radius 2 is 1.88 bits per heavy atom. The van der Waals surface area contributed by atoms with Crippen LogP contribution in [-0.2, 0) is 9.59 Å². The second-order valence-corrected chi connectivity index (χ2v) is 8.76. The van der Waals surface area contributed by atoms with Crippen molar-refractivity contribution in [3.63, 3.8) is 0 Å². The molecule has 0 aliphatic carbocycles. The van der Waals surface area contributed by atoms with Crippen molar-refractivity contribution < 1.29 is 19.1 Å². The molecule has 5 rings (SSSR count). The van der Waals surface area contributed by atoms with Crippen LogP contribution >= 0.6 is 0 Å². The molecule has 2 aromatic carbocycles. The van der Waals surface area contributed by atoms with Crippen molar-refractivity contribution >= 4 is 28.4 Å². The third kappa shape index (κ3) is 3.10. The molecule has 0 radical (unpaired) electrons. The SMILES string of the molecule is COc1ccc(C2C3=C(CN(C(C)=O)C3=O)Nc3cccc4c3c2cn4C(C)C)cc1OC. The van der Waals surface area contributed by atoms with Gasteiger partial charge in [-0.15, -0.1) is 0 Å². The largest absolute Gasteiger partial charge is 0.493 e. The van der Waals surface area contributed by atoms with Crippen molar-refractivity contribution in [3.05, 3.63) is 65.0 Å². The van der Waals surface area contributed by atoms with Gasteiger partial charge in [-0.1, -0.05) is 12.1 Å². The number of nitrogens with one attached hydrogen (secondary N) is 1. The van der Waals surface area contributed by atoms with E-state index in [1.165, 1.54) is 11.8 Å². The summed E-state index contributed by atoms with van der Waals surface area (Å²) < 4.78 is 13.2. The molecule has 0 fully saturated rings. The van der Waals surface area contributed by atoms with E-state index in [-0.39, 0.29) is 30.3 Å². The summed E-state index contributed by atoms with van der Waals surface area (Å²) in [4.78, 5) is 27.1. The first-order valence-corrected chi connectivity index (χ1v) is 11.0. The standard InChI is InChI=1S/C26H27N3O4/c1-14(2)28-12-17-23(16-9-10-21(32-4)22(11-16)33-5)25-19(13-29(15(3)30)26(25)31)27-18-7-6-8-20(28)24(17)18/h6-12,14,23,27H,13H2,1-5H3. The molecule has 1 unspecified atom stereocenters. The minimum Gasteiger partial charge on any atom is -0.493 e. The van der Waals surface area contributed by atoms with Crippen LogP contribution in [0.2, 0.25) is 0 Å². The van der Waals surface area contributed by atoms with Crippen molar-refractivity contribution in [3.8, 4) is 11.5 Å². The zero-order valence-corrected chi connectivity index (χ0v) is 19.4. The molecular weight excluding hydrogens is 418 g/mol. The van der Waals surface area contributed by atoms with Gasteiger partial charge in [0.05, 0.1) is 31.9 Å². The number of imide groups is 1. The van der Waals surface area contributed by atoms with E-state index in [1.54, 1.807) is 14.2 Å². The lowest BCUT2D eigenvalue weighted by atomic mass is 9.84. The number of rotatable bonds is 4. The fourth-order valence-electron chi connectivity index (χ4n) is 5.04. The van der Waals surface area contributed by atoms with Gasteiger partial charge in [-0.3, -0.25) is 14.5 Å². The molecular formula is C26H27N3O4. The zero-order valence-electron chi connectivity index (χ0n) is 19.4. The summed E-state index contributed by atoms with van der Waals surface area (Å²) in [7, 11) is 3.20. The Balaban J connectivity index is 1.82. The van der Waals surface area contributed by atoms with Gasteiger partial charge in [0.25, 0.3) is 5.91 Å². The van der Waals surface area contributed by atoms with Gasteiger partial charge in [0, 0.05) is 41.9 Å². The summed E-state index contributed by atoms with van der Waals surface area (Å²) >= 11 is 0. The van der Waals surface area contributed by atoms with Crippen LogP contribution in [-0.4, -0.2) is 42.0 Å². The van der Waals surface area contributed by atoms with Crippen molar-refractivity contribution in [1.29, 1.82) is 0 Å². The van der Waals surface area contributed by atoms with Crippen molar-refractivity contribution in [2.75, 3.05) is 26.1 Å². The summed E-state index contributed by atoms with van der Waals surface area (Å²) in [6.07, 6.45) is 2.14. The molecule has 2 aliphatic rings. The molecule has 7 heteroatoms. The van der Waals surface area contributed by atoms with Gasteiger partial charge >= 0.3 is 0 Å². The van der Waals surface area contributed by atoms with E-state index >= 15 is 0 Å². The highest BCUT2D eigenvalue weighted by Gasteiger charge is 2.42. The highest BCUT2D eigenvalue weighted by Crippen LogP contribution is 2.48. The molecule has 0 spiro atoms. The van der Waals surface area contributed by atoms with Crippen LogP contribution in [0.5, 0.6) is 11.5 Å².